The highest BCUT2D eigenvalue weighted by molar-refractivity contribution is 5.52. The molecule has 24 heavy (non-hydrogen) atoms. The molecule has 2 N–H and O–H groups in total. The minimum atomic E-state index is 0.664. The predicted octanol–water partition coefficient (Wildman–Crippen LogP) is 3.49. The Balaban J connectivity index is 1.68. The summed E-state index contributed by atoms with van der Waals surface area (Å²) in [6, 6.07) is 16.4. The van der Waals surface area contributed by atoms with Crippen molar-refractivity contribution in [1.29, 1.82) is 5.41 Å². The lowest BCUT2D eigenvalue weighted by molar-refractivity contribution is 0.322. The summed E-state index contributed by atoms with van der Waals surface area (Å²) in [5, 5.41) is 10.3. The van der Waals surface area contributed by atoms with Crippen molar-refractivity contribution in [3.63, 3.8) is 0 Å². The van der Waals surface area contributed by atoms with Crippen LogP contribution in [-0.4, -0.2) is 33.0 Å². The third-order valence-corrected chi connectivity index (χ3v) is 3.80. The highest BCUT2D eigenvalue weighted by Gasteiger charge is 1.98. The maximum Gasteiger partial charge on any atom is 0.119 e. The van der Waals surface area contributed by atoms with Gasteiger partial charge in [0.1, 0.15) is 11.5 Å². The van der Waals surface area contributed by atoms with Crippen LogP contribution in [0.3, 0.4) is 0 Å². The minimum Gasteiger partial charge on any atom is -0.497 e. The summed E-state index contributed by atoms with van der Waals surface area (Å²) in [5.41, 5.74) is 2.53. The molecule has 0 aliphatic carbocycles. The lowest BCUT2D eigenvalue weighted by atomic mass is 10.1. The fourth-order valence-corrected chi connectivity index (χ4v) is 2.36. The molecule has 0 atom stereocenters. The van der Waals surface area contributed by atoms with Gasteiger partial charge in [0.2, 0.25) is 0 Å². The highest BCUT2D eigenvalue weighted by atomic mass is 16.5. The van der Waals surface area contributed by atoms with Gasteiger partial charge in [-0.1, -0.05) is 24.3 Å². The second kappa shape index (κ2) is 10.4. The topological polar surface area (TPSA) is 54.3 Å². The van der Waals surface area contributed by atoms with E-state index in [1.54, 1.807) is 7.11 Å². The summed E-state index contributed by atoms with van der Waals surface area (Å²) in [4.78, 5) is 0. The fourth-order valence-electron chi connectivity index (χ4n) is 2.36. The molecule has 4 nitrogen and oxygen atoms in total. The smallest absolute Gasteiger partial charge is 0.119 e. The number of ether oxygens (including phenoxy) is 2. The van der Waals surface area contributed by atoms with Crippen molar-refractivity contribution in [2.24, 2.45) is 0 Å². The molecule has 0 radical (unpaired) electrons. The molecule has 128 valence electrons. The Morgan fingerprint density at radius 2 is 1.50 bits per heavy atom. The second-order valence-corrected chi connectivity index (χ2v) is 5.58. The van der Waals surface area contributed by atoms with Gasteiger partial charge in [0.25, 0.3) is 0 Å². The number of benzene rings is 2. The molecule has 0 bridgehead atoms. The largest absolute Gasteiger partial charge is 0.497 e. The van der Waals surface area contributed by atoms with E-state index in [9.17, 15) is 0 Å². The van der Waals surface area contributed by atoms with E-state index in [-0.39, 0.29) is 0 Å². The van der Waals surface area contributed by atoms with Crippen LogP contribution in [0, 0.1) is 5.41 Å². The summed E-state index contributed by atoms with van der Waals surface area (Å²) in [6.45, 7) is 2.47. The predicted molar refractivity (Wildman–Crippen MR) is 98.6 cm³/mol. The summed E-state index contributed by atoms with van der Waals surface area (Å²) in [6.07, 6.45) is 4.10. The summed E-state index contributed by atoms with van der Waals surface area (Å²) < 4.78 is 11.0. The Kier molecular flexibility index (Phi) is 7.84. The Hall–Kier alpha value is -2.33. The SMILES string of the molecule is COc1ccc(CCOc2ccc(CCNCCC=N)cc2)cc1. The van der Waals surface area contributed by atoms with E-state index < -0.39 is 0 Å². The van der Waals surface area contributed by atoms with E-state index in [4.69, 9.17) is 14.9 Å². The van der Waals surface area contributed by atoms with Gasteiger partial charge < -0.3 is 20.2 Å². The van der Waals surface area contributed by atoms with Crippen LogP contribution in [0.25, 0.3) is 0 Å². The van der Waals surface area contributed by atoms with Crippen molar-refractivity contribution >= 4 is 6.21 Å². The molecule has 0 heterocycles. The Labute approximate surface area is 144 Å². The van der Waals surface area contributed by atoms with Crippen LogP contribution < -0.4 is 14.8 Å². The zero-order valence-electron chi connectivity index (χ0n) is 14.3. The van der Waals surface area contributed by atoms with Gasteiger partial charge in [-0.3, -0.25) is 0 Å². The maximum absolute atomic E-state index is 6.97. The molecule has 0 amide bonds. The minimum absolute atomic E-state index is 0.664. The van der Waals surface area contributed by atoms with E-state index in [1.807, 2.05) is 24.3 Å². The first kappa shape index (κ1) is 18.0. The quantitative estimate of drug-likeness (QED) is 0.491. The van der Waals surface area contributed by atoms with Gasteiger partial charge in [0, 0.05) is 13.0 Å². The Morgan fingerprint density at radius 3 is 2.12 bits per heavy atom. The van der Waals surface area contributed by atoms with Gasteiger partial charge in [-0.05, 0) is 61.0 Å². The zero-order valence-corrected chi connectivity index (χ0v) is 14.3. The Morgan fingerprint density at radius 1 is 0.875 bits per heavy atom. The molecule has 0 saturated carbocycles. The van der Waals surface area contributed by atoms with Gasteiger partial charge in [-0.2, -0.15) is 0 Å². The molecule has 0 unspecified atom stereocenters. The normalized spacial score (nSPS) is 10.4. The van der Waals surface area contributed by atoms with Gasteiger partial charge in [-0.15, -0.1) is 0 Å². The van der Waals surface area contributed by atoms with Crippen LogP contribution in [0.4, 0.5) is 0 Å². The van der Waals surface area contributed by atoms with Crippen LogP contribution in [0.2, 0.25) is 0 Å². The van der Waals surface area contributed by atoms with E-state index in [0.717, 1.165) is 43.9 Å². The highest BCUT2D eigenvalue weighted by Crippen LogP contribution is 2.14. The summed E-state index contributed by atoms with van der Waals surface area (Å²) in [7, 11) is 1.67. The molecule has 0 saturated heterocycles. The van der Waals surface area contributed by atoms with Gasteiger partial charge in [0.05, 0.1) is 13.7 Å². The molecule has 2 rings (SSSR count). The van der Waals surface area contributed by atoms with Gasteiger partial charge in [0.15, 0.2) is 0 Å². The lowest BCUT2D eigenvalue weighted by Gasteiger charge is -2.08. The first-order valence-corrected chi connectivity index (χ1v) is 8.36. The molecule has 0 aliphatic heterocycles. The maximum atomic E-state index is 6.97. The van der Waals surface area contributed by atoms with Crippen molar-refractivity contribution in [3.8, 4) is 11.5 Å². The van der Waals surface area contributed by atoms with Crippen LogP contribution in [0.1, 0.15) is 17.5 Å². The number of rotatable bonds is 11. The number of hydrogen-bond donors (Lipinski definition) is 2. The first-order valence-electron chi connectivity index (χ1n) is 8.36. The number of hydrogen-bond acceptors (Lipinski definition) is 4. The third kappa shape index (κ3) is 6.42. The van der Waals surface area contributed by atoms with E-state index >= 15 is 0 Å². The molecule has 0 aliphatic rings. The number of nitrogens with one attached hydrogen (secondary N) is 2. The van der Waals surface area contributed by atoms with Gasteiger partial charge in [-0.25, -0.2) is 0 Å². The molecule has 0 spiro atoms. The molecular weight excluding hydrogens is 300 g/mol. The van der Waals surface area contributed by atoms with Crippen molar-refractivity contribution in [3.05, 3.63) is 59.7 Å². The van der Waals surface area contributed by atoms with Crippen molar-refractivity contribution in [2.75, 3.05) is 26.8 Å². The Bertz CT molecular complexity index is 594. The molecule has 2 aromatic carbocycles. The number of methoxy groups -OCH3 is 1. The molecule has 4 heteroatoms. The zero-order chi connectivity index (χ0) is 17.0. The second-order valence-electron chi connectivity index (χ2n) is 5.58. The molecular formula is C20H26N2O2. The monoisotopic (exact) mass is 326 g/mol. The van der Waals surface area contributed by atoms with Crippen LogP contribution in [0.5, 0.6) is 11.5 Å². The van der Waals surface area contributed by atoms with Gasteiger partial charge >= 0.3 is 0 Å². The lowest BCUT2D eigenvalue weighted by Crippen LogP contribution is -2.18. The molecule has 2 aromatic rings. The first-order chi connectivity index (χ1) is 11.8. The molecule has 0 aromatic heterocycles. The van der Waals surface area contributed by atoms with Crippen molar-refractivity contribution < 1.29 is 9.47 Å². The van der Waals surface area contributed by atoms with E-state index in [2.05, 4.69) is 29.6 Å². The van der Waals surface area contributed by atoms with Crippen LogP contribution in [0.15, 0.2) is 48.5 Å². The van der Waals surface area contributed by atoms with E-state index in [1.165, 1.54) is 17.3 Å². The summed E-state index contributed by atoms with van der Waals surface area (Å²) in [5.74, 6) is 1.78. The molecule has 0 fully saturated rings. The van der Waals surface area contributed by atoms with Crippen molar-refractivity contribution in [1.82, 2.24) is 5.32 Å². The average Bonchev–Trinajstić information content (AvgIpc) is 2.63. The van der Waals surface area contributed by atoms with E-state index in [0.29, 0.717) is 6.61 Å². The average molecular weight is 326 g/mol. The van der Waals surface area contributed by atoms with Crippen LogP contribution in [-0.2, 0) is 12.8 Å². The standard InChI is InChI=1S/C20H26N2O2/c1-23-19-7-3-18(4-8-19)12-16-24-20-9-5-17(6-10-20)11-15-22-14-2-13-21/h3-10,13,21-22H,2,11-12,14-16H2,1H3. The third-order valence-electron chi connectivity index (χ3n) is 3.80. The van der Waals surface area contributed by atoms with Crippen LogP contribution >= 0.6 is 0 Å². The fraction of sp³-hybridized carbons (Fsp3) is 0.350. The van der Waals surface area contributed by atoms with Crippen molar-refractivity contribution in [2.45, 2.75) is 19.3 Å². The summed E-state index contributed by atoms with van der Waals surface area (Å²) >= 11 is 0.